The molecule has 1 aliphatic carbocycles. The van der Waals surface area contributed by atoms with Gasteiger partial charge >= 0.3 is 0 Å². The van der Waals surface area contributed by atoms with Gasteiger partial charge in [0.15, 0.2) is 6.61 Å². The average Bonchev–Trinajstić information content (AvgIpc) is 2.44. The summed E-state index contributed by atoms with van der Waals surface area (Å²) in [5.41, 5.74) is 4.00. The largest absolute Gasteiger partial charge is 0.483 e. The summed E-state index contributed by atoms with van der Waals surface area (Å²) >= 11 is 5.85. The van der Waals surface area contributed by atoms with Crippen LogP contribution in [-0.2, 0) is 9.59 Å². The van der Waals surface area contributed by atoms with Crippen LogP contribution < -0.4 is 10.2 Å². The quantitative estimate of drug-likeness (QED) is 0.869. The molecule has 0 bridgehead atoms. The highest BCUT2D eigenvalue weighted by Crippen LogP contribution is 2.21. The number of carbonyl (C=O) groups is 2. The Morgan fingerprint density at radius 2 is 2.24 bits per heavy atom. The number of hydrogen-bond acceptors (Lipinski definition) is 4. The van der Waals surface area contributed by atoms with E-state index in [9.17, 15) is 9.59 Å². The van der Waals surface area contributed by atoms with Gasteiger partial charge in [0.25, 0.3) is 5.91 Å². The summed E-state index contributed by atoms with van der Waals surface area (Å²) in [6.45, 7) is 1.72. The van der Waals surface area contributed by atoms with Crippen LogP contribution in [0.4, 0.5) is 0 Å². The van der Waals surface area contributed by atoms with Gasteiger partial charge in [0, 0.05) is 23.6 Å². The number of hydrogen-bond donors (Lipinski definition) is 1. The van der Waals surface area contributed by atoms with E-state index in [0.717, 1.165) is 24.1 Å². The van der Waals surface area contributed by atoms with Gasteiger partial charge in [0.2, 0.25) is 0 Å². The Morgan fingerprint density at radius 1 is 1.43 bits per heavy atom. The minimum Gasteiger partial charge on any atom is -0.483 e. The molecule has 1 aliphatic rings. The highest BCUT2D eigenvalue weighted by molar-refractivity contribution is 6.30. The first kappa shape index (κ1) is 15.5. The maximum absolute atomic E-state index is 11.7. The molecule has 0 aliphatic heterocycles. The predicted molar refractivity (Wildman–Crippen MR) is 80.7 cm³/mol. The zero-order valence-corrected chi connectivity index (χ0v) is 12.6. The van der Waals surface area contributed by atoms with Crippen molar-refractivity contribution >= 4 is 29.0 Å². The number of carbonyl (C=O) groups excluding carboxylic acids is 2. The number of nitrogens with zero attached hydrogens (tertiary/aromatic N) is 1. The molecule has 1 fully saturated rings. The number of halogens is 1. The summed E-state index contributed by atoms with van der Waals surface area (Å²) < 4.78 is 5.41. The van der Waals surface area contributed by atoms with Crippen LogP contribution in [0.1, 0.15) is 31.2 Å². The van der Waals surface area contributed by atoms with Gasteiger partial charge in [-0.05, 0) is 43.5 Å². The third-order valence-electron chi connectivity index (χ3n) is 3.16. The lowest BCUT2D eigenvalue weighted by atomic mass is 9.97. The lowest BCUT2D eigenvalue weighted by molar-refractivity contribution is -0.123. The van der Waals surface area contributed by atoms with Crippen molar-refractivity contribution in [1.82, 2.24) is 5.43 Å². The van der Waals surface area contributed by atoms with E-state index in [4.69, 9.17) is 16.3 Å². The summed E-state index contributed by atoms with van der Waals surface area (Å²) in [6.07, 6.45) is 2.49. The summed E-state index contributed by atoms with van der Waals surface area (Å²) in [5.74, 6) is 0.423. The fourth-order valence-electron chi connectivity index (χ4n) is 2.08. The van der Waals surface area contributed by atoms with Crippen LogP contribution >= 0.6 is 11.6 Å². The van der Waals surface area contributed by atoms with Crippen LogP contribution in [0, 0.1) is 6.92 Å². The molecule has 1 aromatic carbocycles. The molecular formula is C15H17ClN2O3. The normalized spacial score (nSPS) is 16.9. The molecule has 21 heavy (non-hydrogen) atoms. The molecule has 1 aromatic rings. The molecular weight excluding hydrogens is 292 g/mol. The van der Waals surface area contributed by atoms with Crippen molar-refractivity contribution in [2.45, 2.75) is 32.6 Å². The highest BCUT2D eigenvalue weighted by atomic mass is 35.5. The average molecular weight is 309 g/mol. The van der Waals surface area contributed by atoms with E-state index in [1.165, 1.54) is 0 Å². The van der Waals surface area contributed by atoms with E-state index in [2.05, 4.69) is 10.5 Å². The number of aryl methyl sites for hydroxylation is 1. The van der Waals surface area contributed by atoms with Gasteiger partial charge in [0.05, 0.1) is 0 Å². The number of Topliss-reactive ketones (excluding diaryl/α,β-unsaturated/α-hetero) is 1. The summed E-state index contributed by atoms with van der Waals surface area (Å²) in [7, 11) is 0. The zero-order valence-electron chi connectivity index (χ0n) is 11.8. The first-order valence-electron chi connectivity index (χ1n) is 6.79. The van der Waals surface area contributed by atoms with Gasteiger partial charge in [-0.1, -0.05) is 11.6 Å². The molecule has 0 heterocycles. The fourth-order valence-corrected chi connectivity index (χ4v) is 2.31. The molecule has 6 heteroatoms. The van der Waals surface area contributed by atoms with Gasteiger partial charge < -0.3 is 4.74 Å². The molecule has 0 saturated heterocycles. The number of nitrogens with one attached hydrogen (secondary N) is 1. The Kier molecular flexibility index (Phi) is 5.33. The standard InChI is InChI=1S/C15H17ClN2O3/c1-10-7-11(16)5-6-14(10)21-9-15(20)18-17-12-3-2-4-13(19)8-12/h5-7H,2-4,8-9H2,1H3,(H,18,20)/b17-12-. The minimum absolute atomic E-state index is 0.132. The smallest absolute Gasteiger partial charge is 0.277 e. The maximum atomic E-state index is 11.7. The van der Waals surface area contributed by atoms with E-state index in [1.54, 1.807) is 18.2 Å². The Labute approximate surface area is 128 Å². The number of hydrazone groups is 1. The molecule has 0 spiro atoms. The second kappa shape index (κ2) is 7.22. The first-order valence-corrected chi connectivity index (χ1v) is 7.17. The van der Waals surface area contributed by atoms with Crippen LogP contribution in [0.5, 0.6) is 5.75 Å². The lowest BCUT2D eigenvalue weighted by Gasteiger charge is -2.12. The number of amides is 1. The summed E-state index contributed by atoms with van der Waals surface area (Å²) in [5, 5.41) is 4.60. The van der Waals surface area contributed by atoms with Crippen molar-refractivity contribution in [3.63, 3.8) is 0 Å². The van der Waals surface area contributed by atoms with Crippen molar-refractivity contribution in [3.8, 4) is 5.75 Å². The molecule has 0 atom stereocenters. The molecule has 0 unspecified atom stereocenters. The Morgan fingerprint density at radius 3 is 2.95 bits per heavy atom. The summed E-state index contributed by atoms with van der Waals surface area (Å²) in [4.78, 5) is 22.9. The molecule has 1 saturated carbocycles. The number of rotatable bonds is 4. The SMILES string of the molecule is Cc1cc(Cl)ccc1OCC(=O)N/N=C1/CCCC(=O)C1. The van der Waals surface area contributed by atoms with E-state index in [1.807, 2.05) is 6.92 Å². The van der Waals surface area contributed by atoms with Gasteiger partial charge in [-0.3, -0.25) is 9.59 Å². The van der Waals surface area contributed by atoms with Gasteiger partial charge in [-0.2, -0.15) is 5.10 Å². The predicted octanol–water partition coefficient (Wildman–Crippen LogP) is 2.64. The Hall–Kier alpha value is -1.88. The topological polar surface area (TPSA) is 67.8 Å². The van der Waals surface area contributed by atoms with Crippen LogP contribution in [0.25, 0.3) is 0 Å². The zero-order chi connectivity index (χ0) is 15.2. The van der Waals surface area contributed by atoms with Gasteiger partial charge in [0.1, 0.15) is 11.5 Å². The monoisotopic (exact) mass is 308 g/mol. The van der Waals surface area contributed by atoms with Gasteiger partial charge in [-0.25, -0.2) is 5.43 Å². The number of benzene rings is 1. The van der Waals surface area contributed by atoms with Crippen molar-refractivity contribution < 1.29 is 14.3 Å². The second-order valence-corrected chi connectivity index (χ2v) is 5.42. The van der Waals surface area contributed by atoms with Crippen molar-refractivity contribution in [2.75, 3.05) is 6.61 Å². The van der Waals surface area contributed by atoms with Crippen LogP contribution in [-0.4, -0.2) is 24.0 Å². The van der Waals surface area contributed by atoms with E-state index < -0.39 is 0 Å². The molecule has 0 radical (unpaired) electrons. The van der Waals surface area contributed by atoms with Crippen LogP contribution in [0.3, 0.4) is 0 Å². The van der Waals surface area contributed by atoms with Gasteiger partial charge in [-0.15, -0.1) is 0 Å². The fraction of sp³-hybridized carbons (Fsp3) is 0.400. The Balaban J connectivity index is 1.82. The third-order valence-corrected chi connectivity index (χ3v) is 3.39. The molecule has 2 rings (SSSR count). The molecule has 5 nitrogen and oxygen atoms in total. The van der Waals surface area contributed by atoms with Crippen molar-refractivity contribution in [1.29, 1.82) is 0 Å². The van der Waals surface area contributed by atoms with Crippen LogP contribution in [0.15, 0.2) is 23.3 Å². The molecule has 0 aromatic heterocycles. The maximum Gasteiger partial charge on any atom is 0.277 e. The van der Waals surface area contributed by atoms with Crippen molar-refractivity contribution in [2.24, 2.45) is 5.10 Å². The van der Waals surface area contributed by atoms with Crippen molar-refractivity contribution in [3.05, 3.63) is 28.8 Å². The molecule has 1 N–H and O–H groups in total. The summed E-state index contributed by atoms with van der Waals surface area (Å²) in [6, 6.07) is 5.19. The lowest BCUT2D eigenvalue weighted by Crippen LogP contribution is -2.27. The third kappa shape index (κ3) is 4.86. The number of ketones is 1. The van der Waals surface area contributed by atoms with E-state index in [0.29, 0.717) is 23.6 Å². The first-order chi connectivity index (χ1) is 10.0. The molecule has 1 amide bonds. The highest BCUT2D eigenvalue weighted by Gasteiger charge is 2.14. The second-order valence-electron chi connectivity index (χ2n) is 4.98. The number of ether oxygens (including phenoxy) is 1. The van der Waals surface area contributed by atoms with Crippen LogP contribution in [0.2, 0.25) is 5.02 Å². The van der Waals surface area contributed by atoms with E-state index >= 15 is 0 Å². The Bertz CT molecular complexity index is 584. The van der Waals surface area contributed by atoms with E-state index in [-0.39, 0.29) is 18.3 Å². The minimum atomic E-state index is -0.352. The molecule has 112 valence electrons.